The Morgan fingerprint density at radius 3 is 2.50 bits per heavy atom. The molecule has 6 heteroatoms. The highest BCUT2D eigenvalue weighted by Gasteiger charge is 2.44. The minimum atomic E-state index is -0.130. The third-order valence-corrected chi connectivity index (χ3v) is 5.32. The van der Waals surface area contributed by atoms with Crippen molar-refractivity contribution in [1.82, 2.24) is 9.80 Å². The minimum absolute atomic E-state index is 0.00739. The fourth-order valence-electron chi connectivity index (χ4n) is 3.81. The molecule has 0 unspecified atom stereocenters. The van der Waals surface area contributed by atoms with Gasteiger partial charge in [-0.2, -0.15) is 0 Å². The zero-order valence-corrected chi connectivity index (χ0v) is 15.7. The lowest BCUT2D eigenvalue weighted by molar-refractivity contribution is -0.152. The number of para-hydroxylation sites is 1. The molecule has 0 radical (unpaired) electrons. The average Bonchev–Trinajstić information content (AvgIpc) is 3.17. The van der Waals surface area contributed by atoms with Gasteiger partial charge in [0.15, 0.2) is 6.61 Å². The highest BCUT2D eigenvalue weighted by Crippen LogP contribution is 2.24. The van der Waals surface area contributed by atoms with E-state index in [9.17, 15) is 9.59 Å². The van der Waals surface area contributed by atoms with Crippen molar-refractivity contribution in [3.8, 4) is 5.75 Å². The molecule has 4 rings (SSSR count). The van der Waals surface area contributed by atoms with Gasteiger partial charge in [0.25, 0.3) is 5.91 Å². The summed E-state index contributed by atoms with van der Waals surface area (Å²) in [5, 5.41) is 0. The Labute approximate surface area is 164 Å². The number of carbonyl (C=O) groups is 2. The van der Waals surface area contributed by atoms with E-state index < -0.39 is 0 Å². The molecule has 0 aromatic heterocycles. The quantitative estimate of drug-likeness (QED) is 0.766. The number of rotatable bonds is 6. The number of morpholine rings is 1. The fourth-order valence-corrected chi connectivity index (χ4v) is 3.81. The van der Waals surface area contributed by atoms with Crippen LogP contribution in [-0.2, 0) is 20.7 Å². The fraction of sp³-hybridized carbons (Fsp3) is 0.364. The Kier molecular flexibility index (Phi) is 5.58. The van der Waals surface area contributed by atoms with Gasteiger partial charge in [-0.05, 0) is 24.1 Å². The molecule has 2 saturated heterocycles. The van der Waals surface area contributed by atoms with Crippen molar-refractivity contribution in [2.45, 2.75) is 18.6 Å². The SMILES string of the molecule is O=C(COc1ccccc1)N1C[C@@H]2OCC(=O)N(CCc3ccccc3)[C@H]2C1. The summed E-state index contributed by atoms with van der Waals surface area (Å²) in [6, 6.07) is 19.3. The van der Waals surface area contributed by atoms with E-state index in [0.717, 1.165) is 6.42 Å². The molecular formula is C22H24N2O4. The van der Waals surface area contributed by atoms with Crippen LogP contribution in [0, 0.1) is 0 Å². The zero-order valence-electron chi connectivity index (χ0n) is 15.7. The number of ether oxygens (including phenoxy) is 2. The van der Waals surface area contributed by atoms with Gasteiger partial charge in [-0.3, -0.25) is 9.59 Å². The highest BCUT2D eigenvalue weighted by molar-refractivity contribution is 5.80. The minimum Gasteiger partial charge on any atom is -0.484 e. The first-order valence-corrected chi connectivity index (χ1v) is 9.61. The van der Waals surface area contributed by atoms with Crippen LogP contribution in [0.5, 0.6) is 5.75 Å². The first kappa shape index (κ1) is 18.5. The molecule has 2 fully saturated rings. The van der Waals surface area contributed by atoms with Gasteiger partial charge in [0.1, 0.15) is 12.4 Å². The van der Waals surface area contributed by atoms with Crippen LogP contribution in [0.1, 0.15) is 5.56 Å². The number of nitrogens with zero attached hydrogens (tertiary/aromatic N) is 2. The molecule has 2 aliphatic rings. The molecular weight excluding hydrogens is 356 g/mol. The Bertz CT molecular complexity index is 812. The summed E-state index contributed by atoms with van der Waals surface area (Å²) in [4.78, 5) is 28.6. The van der Waals surface area contributed by atoms with E-state index in [-0.39, 0.29) is 37.2 Å². The van der Waals surface area contributed by atoms with Gasteiger partial charge in [-0.25, -0.2) is 0 Å². The molecule has 0 bridgehead atoms. The predicted molar refractivity (Wildman–Crippen MR) is 104 cm³/mol. The molecule has 0 saturated carbocycles. The number of benzene rings is 2. The van der Waals surface area contributed by atoms with Crippen molar-refractivity contribution in [1.29, 1.82) is 0 Å². The number of carbonyl (C=O) groups excluding carboxylic acids is 2. The number of hydrogen-bond acceptors (Lipinski definition) is 4. The maximum Gasteiger partial charge on any atom is 0.260 e. The van der Waals surface area contributed by atoms with E-state index >= 15 is 0 Å². The van der Waals surface area contributed by atoms with Crippen molar-refractivity contribution < 1.29 is 19.1 Å². The van der Waals surface area contributed by atoms with Gasteiger partial charge in [0.2, 0.25) is 5.91 Å². The summed E-state index contributed by atoms with van der Waals surface area (Å²) in [6.07, 6.45) is 0.662. The molecule has 2 aliphatic heterocycles. The van der Waals surface area contributed by atoms with Crippen LogP contribution in [0.3, 0.4) is 0 Å². The Morgan fingerprint density at radius 1 is 1.04 bits per heavy atom. The lowest BCUT2D eigenvalue weighted by atomic mass is 10.1. The molecule has 2 aromatic carbocycles. The summed E-state index contributed by atoms with van der Waals surface area (Å²) >= 11 is 0. The summed E-state index contributed by atoms with van der Waals surface area (Å²) in [6.45, 7) is 1.69. The van der Waals surface area contributed by atoms with E-state index in [4.69, 9.17) is 9.47 Å². The Morgan fingerprint density at radius 2 is 1.75 bits per heavy atom. The molecule has 0 spiro atoms. The third kappa shape index (κ3) is 4.17. The highest BCUT2D eigenvalue weighted by atomic mass is 16.5. The largest absolute Gasteiger partial charge is 0.484 e. The monoisotopic (exact) mass is 380 g/mol. The van der Waals surface area contributed by atoms with E-state index in [2.05, 4.69) is 12.1 Å². The molecule has 146 valence electrons. The van der Waals surface area contributed by atoms with Crippen LogP contribution in [0.2, 0.25) is 0 Å². The molecule has 0 aliphatic carbocycles. The molecule has 2 heterocycles. The topological polar surface area (TPSA) is 59.1 Å². The maximum atomic E-state index is 12.6. The van der Waals surface area contributed by atoms with Gasteiger partial charge in [0.05, 0.1) is 12.1 Å². The molecule has 2 atom stereocenters. The number of amides is 2. The van der Waals surface area contributed by atoms with Gasteiger partial charge in [0, 0.05) is 19.6 Å². The van der Waals surface area contributed by atoms with Crippen LogP contribution >= 0.6 is 0 Å². The predicted octanol–water partition coefficient (Wildman–Crippen LogP) is 1.75. The number of likely N-dealkylation sites (tertiary alicyclic amines) is 1. The van der Waals surface area contributed by atoms with Crippen molar-refractivity contribution in [3.63, 3.8) is 0 Å². The standard InChI is InChI=1S/C22H24N2O4/c25-21(15-27-18-9-5-2-6-10-18)23-13-19-20(14-23)28-16-22(26)24(19)12-11-17-7-3-1-4-8-17/h1-10,19-20H,11-16H2/t19-,20-/m0/s1. The van der Waals surface area contributed by atoms with E-state index in [0.29, 0.717) is 25.4 Å². The average molecular weight is 380 g/mol. The molecule has 28 heavy (non-hydrogen) atoms. The lowest BCUT2D eigenvalue weighted by Crippen LogP contribution is -2.54. The van der Waals surface area contributed by atoms with Gasteiger partial charge in [-0.1, -0.05) is 48.5 Å². The summed E-state index contributed by atoms with van der Waals surface area (Å²) in [5.41, 5.74) is 1.19. The Balaban J connectivity index is 1.35. The van der Waals surface area contributed by atoms with Crippen LogP contribution in [0.15, 0.2) is 60.7 Å². The Hall–Kier alpha value is -2.86. The molecule has 6 nitrogen and oxygen atoms in total. The summed E-state index contributed by atoms with van der Waals surface area (Å²) in [7, 11) is 0. The van der Waals surface area contributed by atoms with Crippen LogP contribution in [0.4, 0.5) is 0 Å². The zero-order chi connectivity index (χ0) is 19.3. The summed E-state index contributed by atoms with van der Waals surface area (Å²) < 4.78 is 11.3. The second-order valence-corrected chi connectivity index (χ2v) is 7.14. The normalized spacial score (nSPS) is 21.5. The first-order chi connectivity index (χ1) is 13.7. The van der Waals surface area contributed by atoms with E-state index in [1.54, 1.807) is 4.90 Å². The van der Waals surface area contributed by atoms with Crippen molar-refractivity contribution >= 4 is 11.8 Å². The van der Waals surface area contributed by atoms with Crippen LogP contribution in [-0.4, -0.2) is 66.6 Å². The molecule has 2 amide bonds. The third-order valence-electron chi connectivity index (χ3n) is 5.32. The number of hydrogen-bond donors (Lipinski definition) is 0. The van der Waals surface area contributed by atoms with Gasteiger partial charge >= 0.3 is 0 Å². The van der Waals surface area contributed by atoms with Crippen molar-refractivity contribution in [2.24, 2.45) is 0 Å². The second kappa shape index (κ2) is 8.44. The molecule has 0 N–H and O–H groups in total. The maximum absolute atomic E-state index is 12.6. The van der Waals surface area contributed by atoms with Crippen LogP contribution < -0.4 is 4.74 Å². The second-order valence-electron chi connectivity index (χ2n) is 7.14. The van der Waals surface area contributed by atoms with E-state index in [1.807, 2.05) is 53.4 Å². The summed E-state index contributed by atoms with van der Waals surface area (Å²) in [5.74, 6) is 0.577. The van der Waals surface area contributed by atoms with Crippen molar-refractivity contribution in [2.75, 3.05) is 32.8 Å². The smallest absolute Gasteiger partial charge is 0.260 e. The van der Waals surface area contributed by atoms with Crippen molar-refractivity contribution in [3.05, 3.63) is 66.2 Å². The molecule has 2 aromatic rings. The lowest BCUT2D eigenvalue weighted by Gasteiger charge is -2.36. The van der Waals surface area contributed by atoms with Crippen LogP contribution in [0.25, 0.3) is 0 Å². The first-order valence-electron chi connectivity index (χ1n) is 9.61. The van der Waals surface area contributed by atoms with Gasteiger partial charge in [-0.15, -0.1) is 0 Å². The number of fused-ring (bicyclic) bond motifs is 1. The van der Waals surface area contributed by atoms with E-state index in [1.165, 1.54) is 5.56 Å². The van der Waals surface area contributed by atoms with Gasteiger partial charge < -0.3 is 19.3 Å².